The van der Waals surface area contributed by atoms with Crippen LogP contribution in [-0.2, 0) is 52.6 Å². The third kappa shape index (κ3) is 24.4. The molecule has 0 atom stereocenters. The quantitative estimate of drug-likeness (QED) is 0.485. The van der Waals surface area contributed by atoms with E-state index in [1.807, 2.05) is 0 Å². The van der Waals surface area contributed by atoms with Crippen molar-refractivity contribution >= 4 is 22.3 Å². The Hall–Kier alpha value is 1.95. The van der Waals surface area contributed by atoms with Gasteiger partial charge in [0, 0.05) is 27.7 Å². The van der Waals surface area contributed by atoms with Crippen LogP contribution in [0.15, 0.2) is 0 Å². The molecule has 5 heavy (non-hydrogen) atoms. The molecule has 0 aromatic rings. The molecule has 0 amide bonds. The second kappa shape index (κ2) is 38.4. The van der Waals surface area contributed by atoms with Crippen LogP contribution in [0.5, 0.6) is 0 Å². The van der Waals surface area contributed by atoms with Gasteiger partial charge in [0.25, 0.3) is 0 Å². The van der Waals surface area contributed by atoms with Crippen LogP contribution in [0.3, 0.4) is 0 Å². The fourth-order valence-corrected chi connectivity index (χ4v) is 0. The average Bonchev–Trinajstić information content (AvgIpc) is 1.50. The zero-order chi connectivity index (χ0) is 4.00. The normalized spacial score (nSPS) is 2.00. The molecule has 0 aliphatic heterocycles. The molecule has 0 unspecified atom stereocenters. The van der Waals surface area contributed by atoms with E-state index >= 15 is 0 Å². The van der Waals surface area contributed by atoms with Crippen molar-refractivity contribution in [2.45, 2.75) is 0 Å². The summed E-state index contributed by atoms with van der Waals surface area (Å²) in [5, 5.41) is 0. The SMILES string of the molecule is O=[Te].[Hg].[O]=[Zn]. The van der Waals surface area contributed by atoms with E-state index < -0.39 is 0 Å². The molecule has 2 nitrogen and oxygen atoms in total. The van der Waals surface area contributed by atoms with E-state index in [0.717, 1.165) is 0 Å². The van der Waals surface area contributed by atoms with Crippen molar-refractivity contribution in [1.29, 1.82) is 0 Å². The zero-order valence-electron chi connectivity index (χ0n) is 2.64. The van der Waals surface area contributed by atoms with Crippen LogP contribution < -0.4 is 0 Å². The molecule has 0 saturated heterocycles. The predicted octanol–water partition coefficient (Wildman–Crippen LogP) is -0.623. The van der Waals surface area contributed by atoms with Crippen LogP contribution in [0, 0.1) is 0 Å². The summed E-state index contributed by atoms with van der Waals surface area (Å²) in [6.07, 6.45) is 0. The molecule has 0 aliphatic rings. The minimum atomic E-state index is 0. The Kier molecular flexibility index (Phi) is 121. The van der Waals surface area contributed by atoms with E-state index in [1.54, 1.807) is 0 Å². The molecule has 0 aromatic heterocycles. The Morgan fingerprint density at radius 2 is 1.20 bits per heavy atom. The van der Waals surface area contributed by atoms with E-state index in [0.29, 0.717) is 22.3 Å². The van der Waals surface area contributed by atoms with Gasteiger partial charge in [-0.3, -0.25) is 0 Å². The molecule has 22 valence electrons. The van der Waals surface area contributed by atoms with Gasteiger partial charge in [-0.2, -0.15) is 0 Å². The van der Waals surface area contributed by atoms with Gasteiger partial charge in [-0.05, 0) is 0 Å². The second-order valence-electron chi connectivity index (χ2n) is 0. The van der Waals surface area contributed by atoms with Crippen molar-refractivity contribution in [3.05, 3.63) is 0 Å². The molecule has 0 radical (unpaired) electrons. The average molecular weight is 426 g/mol. The van der Waals surface area contributed by atoms with Crippen molar-refractivity contribution in [2.75, 3.05) is 0 Å². The van der Waals surface area contributed by atoms with Crippen LogP contribution in [0.2, 0.25) is 0 Å². The number of hydrogen-bond donors (Lipinski definition) is 0. The molecule has 0 aromatic carbocycles. The third-order valence-corrected chi connectivity index (χ3v) is 0. The molecule has 5 heteroatoms. The summed E-state index contributed by atoms with van der Waals surface area (Å²) in [6, 6.07) is 0. The Bertz CT molecular complexity index is 11.6. The standard InChI is InChI=1S/Hg.OTe.O.Zn/c;1-2;;. The van der Waals surface area contributed by atoms with Gasteiger partial charge in [0.05, 0.1) is 0 Å². The summed E-state index contributed by atoms with van der Waals surface area (Å²) >= 11 is 0.825. The van der Waals surface area contributed by atoms with E-state index in [4.69, 9.17) is 6.68 Å². The maximum absolute atomic E-state index is 8.38. The van der Waals surface area contributed by atoms with Gasteiger partial charge in [-0.25, -0.2) is 0 Å². The van der Waals surface area contributed by atoms with E-state index in [1.165, 1.54) is 0 Å². The van der Waals surface area contributed by atoms with Crippen LogP contribution >= 0.6 is 0 Å². The summed E-state index contributed by atoms with van der Waals surface area (Å²) in [5.41, 5.74) is 0. The Balaban J connectivity index is -0.0000000133. The van der Waals surface area contributed by atoms with Crippen molar-refractivity contribution in [2.24, 2.45) is 0 Å². The monoisotopic (exact) mass is 428 g/mol. The van der Waals surface area contributed by atoms with Gasteiger partial charge in [0.1, 0.15) is 0 Å². The summed E-state index contributed by atoms with van der Waals surface area (Å²) < 4.78 is 16.6. The van der Waals surface area contributed by atoms with Crippen LogP contribution in [-0.4, -0.2) is 22.3 Å². The first kappa shape index (κ1) is 15.8. The van der Waals surface area contributed by atoms with E-state index in [2.05, 4.69) is 0 Å². The van der Waals surface area contributed by atoms with Gasteiger partial charge in [0.15, 0.2) is 0 Å². The zero-order valence-corrected chi connectivity index (χ0v) is 13.4. The van der Waals surface area contributed by atoms with Crippen molar-refractivity contribution < 1.29 is 52.6 Å². The molecule has 0 heterocycles. The van der Waals surface area contributed by atoms with Crippen LogP contribution in [0.4, 0.5) is 0 Å². The van der Waals surface area contributed by atoms with Gasteiger partial charge in [-0.1, -0.05) is 0 Å². The Morgan fingerprint density at radius 1 is 1.20 bits per heavy atom. The number of hydrogen-bond acceptors (Lipinski definition) is 2. The number of rotatable bonds is 0. The first-order valence-corrected chi connectivity index (χ1v) is 2.62. The minimum absolute atomic E-state index is 0. The molecule has 0 aliphatic carbocycles. The van der Waals surface area contributed by atoms with E-state index in [-0.39, 0.29) is 45.9 Å². The summed E-state index contributed by atoms with van der Waals surface area (Å²) in [6.45, 7) is 0. The van der Waals surface area contributed by atoms with Gasteiger partial charge >= 0.3 is 47.2 Å². The summed E-state index contributed by atoms with van der Waals surface area (Å²) in [7, 11) is 0. The van der Waals surface area contributed by atoms with Gasteiger partial charge < -0.3 is 0 Å². The molecule has 0 bridgehead atoms. The molecule has 0 spiro atoms. The Morgan fingerprint density at radius 3 is 1.20 bits per heavy atom. The second-order valence-corrected chi connectivity index (χ2v) is 0. The van der Waals surface area contributed by atoms with Crippen molar-refractivity contribution in [3.8, 4) is 0 Å². The third-order valence-electron chi connectivity index (χ3n) is 0. The molecule has 0 rings (SSSR count). The van der Waals surface area contributed by atoms with Crippen LogP contribution in [0.25, 0.3) is 0 Å². The molecular weight excluding hydrogens is 426 g/mol. The summed E-state index contributed by atoms with van der Waals surface area (Å²) in [4.78, 5) is 0. The van der Waals surface area contributed by atoms with Gasteiger partial charge in [-0.15, -0.1) is 0 Å². The van der Waals surface area contributed by atoms with Crippen molar-refractivity contribution in [3.63, 3.8) is 0 Å². The van der Waals surface area contributed by atoms with Gasteiger partial charge in [0.2, 0.25) is 0 Å². The van der Waals surface area contributed by atoms with Crippen LogP contribution in [0.1, 0.15) is 0 Å². The first-order valence-electron chi connectivity index (χ1n) is 0.455. The Labute approximate surface area is 73.8 Å². The fourth-order valence-electron chi connectivity index (χ4n) is 0. The fraction of sp³-hybridized carbons (Fsp3) is 0. The molecular formula is HgO2TeZn. The molecule has 0 saturated carbocycles. The topological polar surface area (TPSA) is 34.1 Å². The van der Waals surface area contributed by atoms with Crippen molar-refractivity contribution in [1.82, 2.24) is 0 Å². The van der Waals surface area contributed by atoms with E-state index in [9.17, 15) is 0 Å². The predicted molar refractivity (Wildman–Crippen MR) is 7.13 cm³/mol. The maximum atomic E-state index is 8.38. The summed E-state index contributed by atoms with van der Waals surface area (Å²) in [5.74, 6) is 0. The first-order chi connectivity index (χ1) is 2.00. The molecule has 0 N–H and O–H groups in total. The molecule has 0 fully saturated rings.